The van der Waals surface area contributed by atoms with Gasteiger partial charge in [-0.05, 0) is 55.9 Å². The fourth-order valence-corrected chi connectivity index (χ4v) is 7.56. The van der Waals surface area contributed by atoms with E-state index >= 15 is 4.39 Å². The SMILES string of the molecule is COc1cc(/C(=N/NC(O)c2ccncc2)N2CCCC3CN(c4c(OC)cc5c(c4F)c(=O)c(C(=O)O)cn5C4CC4)CC32)cc(OC)c1OC. The predicted octanol–water partition coefficient (Wildman–Crippen LogP) is 4.15. The summed E-state index contributed by atoms with van der Waals surface area (Å²) in [5.41, 5.74) is 3.17. The molecule has 2 aliphatic heterocycles. The van der Waals surface area contributed by atoms with E-state index in [1.54, 1.807) is 47.3 Å². The van der Waals surface area contributed by atoms with Crippen molar-refractivity contribution in [2.45, 2.75) is 44.0 Å². The summed E-state index contributed by atoms with van der Waals surface area (Å²) in [6, 6.07) is 8.39. The summed E-state index contributed by atoms with van der Waals surface area (Å²) in [5.74, 6) is -0.153. The zero-order valence-electron chi connectivity index (χ0n) is 29.3. The highest BCUT2D eigenvalue weighted by atomic mass is 19.1. The second-order valence-corrected chi connectivity index (χ2v) is 13.2. The van der Waals surface area contributed by atoms with Crippen molar-refractivity contribution in [1.29, 1.82) is 0 Å². The number of likely N-dealkylation sites (tertiary alicyclic amines) is 1. The number of nitrogens with one attached hydrogen (secondary N) is 1. The second kappa shape index (κ2) is 14.2. The van der Waals surface area contributed by atoms with Crippen molar-refractivity contribution in [3.8, 4) is 23.0 Å². The monoisotopic (exact) mass is 716 g/mol. The van der Waals surface area contributed by atoms with E-state index in [-0.39, 0.29) is 34.8 Å². The molecule has 7 rings (SSSR count). The molecule has 1 aliphatic carbocycles. The fourth-order valence-electron chi connectivity index (χ4n) is 7.56. The Morgan fingerprint density at radius 1 is 1.00 bits per heavy atom. The number of methoxy groups -OCH3 is 4. The Kier molecular flexibility index (Phi) is 9.53. The summed E-state index contributed by atoms with van der Waals surface area (Å²) in [6.07, 6.45) is 6.59. The molecule has 3 aliphatic rings. The molecule has 15 heteroatoms. The van der Waals surface area contributed by atoms with Gasteiger partial charge in [0, 0.05) is 61.5 Å². The Morgan fingerprint density at radius 3 is 2.31 bits per heavy atom. The van der Waals surface area contributed by atoms with Crippen molar-refractivity contribution in [3.63, 3.8) is 0 Å². The third-order valence-electron chi connectivity index (χ3n) is 10.2. The number of hydrogen-bond acceptors (Lipinski definition) is 11. The maximum atomic E-state index is 16.9. The number of anilines is 1. The smallest absolute Gasteiger partial charge is 0.341 e. The van der Waals surface area contributed by atoms with Crippen LogP contribution < -0.4 is 34.7 Å². The quantitative estimate of drug-likeness (QED) is 0.0883. The molecule has 1 saturated carbocycles. The van der Waals surface area contributed by atoms with Crippen LogP contribution in [0.3, 0.4) is 0 Å². The first-order valence-electron chi connectivity index (χ1n) is 17.1. The van der Waals surface area contributed by atoms with Gasteiger partial charge in [0.25, 0.3) is 0 Å². The molecule has 2 aromatic carbocycles. The maximum Gasteiger partial charge on any atom is 0.341 e. The molecular weight excluding hydrogens is 675 g/mol. The van der Waals surface area contributed by atoms with Crippen LogP contribution >= 0.6 is 0 Å². The van der Waals surface area contributed by atoms with Crippen LogP contribution in [0, 0.1) is 11.7 Å². The molecule has 14 nitrogen and oxygen atoms in total. The van der Waals surface area contributed by atoms with Crippen LogP contribution in [-0.2, 0) is 0 Å². The van der Waals surface area contributed by atoms with Crippen molar-refractivity contribution in [2.24, 2.45) is 11.0 Å². The molecule has 4 aromatic rings. The lowest BCUT2D eigenvalue weighted by Gasteiger charge is -2.39. The Morgan fingerprint density at radius 2 is 1.69 bits per heavy atom. The van der Waals surface area contributed by atoms with Gasteiger partial charge < -0.3 is 43.5 Å². The topological polar surface area (TPSA) is 160 Å². The highest BCUT2D eigenvalue weighted by Gasteiger charge is 2.43. The first-order chi connectivity index (χ1) is 25.2. The lowest BCUT2D eigenvalue weighted by atomic mass is 9.91. The summed E-state index contributed by atoms with van der Waals surface area (Å²) in [5, 5.41) is 25.4. The van der Waals surface area contributed by atoms with Crippen LogP contribution in [0.2, 0.25) is 0 Å². The molecule has 0 radical (unpaired) electrons. The fraction of sp³-hybridized carbons (Fsp3) is 0.405. The van der Waals surface area contributed by atoms with Gasteiger partial charge in [-0.15, -0.1) is 0 Å². The highest BCUT2D eigenvalue weighted by Crippen LogP contribution is 2.45. The number of aromatic carboxylic acids is 1. The van der Waals surface area contributed by atoms with E-state index in [1.165, 1.54) is 34.6 Å². The number of carbonyl (C=O) groups is 1. The van der Waals surface area contributed by atoms with Crippen molar-refractivity contribution in [3.05, 3.63) is 81.7 Å². The molecule has 0 amide bonds. The van der Waals surface area contributed by atoms with E-state index in [9.17, 15) is 19.8 Å². The van der Waals surface area contributed by atoms with Gasteiger partial charge in [-0.2, -0.15) is 5.10 Å². The average Bonchev–Trinajstić information content (AvgIpc) is 3.91. The molecule has 2 aromatic heterocycles. The number of fused-ring (bicyclic) bond motifs is 2. The van der Waals surface area contributed by atoms with Gasteiger partial charge in [0.05, 0.1) is 45.4 Å². The molecule has 52 heavy (non-hydrogen) atoms. The van der Waals surface area contributed by atoms with E-state index in [0.717, 1.165) is 25.7 Å². The molecule has 3 N–H and O–H groups in total. The van der Waals surface area contributed by atoms with Crippen LogP contribution in [0.5, 0.6) is 23.0 Å². The summed E-state index contributed by atoms with van der Waals surface area (Å²) in [4.78, 5) is 33.6. The van der Waals surface area contributed by atoms with Gasteiger partial charge in [-0.3, -0.25) is 15.2 Å². The van der Waals surface area contributed by atoms with Crippen LogP contribution in [0.15, 0.2) is 58.8 Å². The molecule has 0 spiro atoms. The number of aliphatic hydroxyl groups excluding tert-OH is 1. The van der Waals surface area contributed by atoms with Crippen LogP contribution in [-0.4, -0.2) is 90.6 Å². The number of carboxylic acids is 1. The first-order valence-corrected chi connectivity index (χ1v) is 17.1. The normalized spacial score (nSPS) is 19.3. The predicted molar refractivity (Wildman–Crippen MR) is 190 cm³/mol. The van der Waals surface area contributed by atoms with E-state index in [4.69, 9.17) is 24.0 Å². The Balaban J connectivity index is 1.31. The Bertz CT molecular complexity index is 2060. The Labute approximate surface area is 299 Å². The number of rotatable bonds is 11. The average molecular weight is 717 g/mol. The summed E-state index contributed by atoms with van der Waals surface area (Å²) in [6.45, 7) is 1.39. The maximum absolute atomic E-state index is 16.9. The molecule has 274 valence electrons. The summed E-state index contributed by atoms with van der Waals surface area (Å²) < 4.78 is 41.2. The lowest BCUT2D eigenvalue weighted by Crippen LogP contribution is -2.49. The van der Waals surface area contributed by atoms with Gasteiger partial charge >= 0.3 is 5.97 Å². The number of aliphatic hydroxyl groups is 1. The first kappa shape index (κ1) is 34.9. The van der Waals surface area contributed by atoms with Crippen LogP contribution in [0.4, 0.5) is 10.1 Å². The zero-order chi connectivity index (χ0) is 36.7. The molecule has 2 saturated heterocycles. The zero-order valence-corrected chi connectivity index (χ0v) is 29.3. The number of hydrogen-bond donors (Lipinski definition) is 3. The van der Waals surface area contributed by atoms with Crippen molar-refractivity contribution in [2.75, 3.05) is 53.0 Å². The highest BCUT2D eigenvalue weighted by molar-refractivity contribution is 6.00. The van der Waals surface area contributed by atoms with Crippen LogP contribution in [0.1, 0.15) is 59.4 Å². The lowest BCUT2D eigenvalue weighted by molar-refractivity contribution is 0.0694. The summed E-state index contributed by atoms with van der Waals surface area (Å²) in [7, 11) is 6.03. The number of benzene rings is 2. The van der Waals surface area contributed by atoms with E-state index in [0.29, 0.717) is 59.4 Å². The third kappa shape index (κ3) is 6.18. The van der Waals surface area contributed by atoms with Gasteiger partial charge in [0.1, 0.15) is 17.0 Å². The molecule has 3 atom stereocenters. The van der Waals surface area contributed by atoms with E-state index in [2.05, 4.69) is 15.3 Å². The van der Waals surface area contributed by atoms with E-state index in [1.807, 2.05) is 4.90 Å². The van der Waals surface area contributed by atoms with Gasteiger partial charge in [-0.25, -0.2) is 9.18 Å². The number of aromatic nitrogens is 2. The minimum atomic E-state index is -1.40. The van der Waals surface area contributed by atoms with Crippen molar-refractivity contribution < 1.29 is 38.3 Å². The number of halogens is 1. The van der Waals surface area contributed by atoms with Crippen LogP contribution in [0.25, 0.3) is 10.9 Å². The van der Waals surface area contributed by atoms with Gasteiger partial charge in [0.2, 0.25) is 11.2 Å². The van der Waals surface area contributed by atoms with Crippen molar-refractivity contribution >= 4 is 28.4 Å². The van der Waals surface area contributed by atoms with Crippen molar-refractivity contribution in [1.82, 2.24) is 19.9 Å². The third-order valence-corrected chi connectivity index (χ3v) is 10.2. The second-order valence-electron chi connectivity index (χ2n) is 13.2. The number of pyridine rings is 2. The molecule has 4 heterocycles. The summed E-state index contributed by atoms with van der Waals surface area (Å²) >= 11 is 0. The minimum Gasteiger partial charge on any atom is -0.494 e. The molecule has 0 bridgehead atoms. The Hall–Kier alpha value is -5.57. The standard InChI is InChI=1S/C37H41FN6O8/c1-49-27-16-25-30(33(45)24(37(47)48)18-44(25)23-7-8-23)31(38)32(27)42-17-21-6-5-13-43(26(21)19-42)35(40-41-36(46)20-9-11-39-12-10-20)22-14-28(50-2)34(52-4)29(15-22)51-3/h9-12,14-16,18,21,23,26,36,41,46H,5-8,13,17,19H2,1-4H3,(H,47,48)/b40-35-. The van der Waals surface area contributed by atoms with E-state index < -0.39 is 29.0 Å². The number of nitrogens with zero attached hydrogens (tertiary/aromatic N) is 5. The minimum absolute atomic E-state index is 0.0158. The number of amidine groups is 1. The number of carboxylic acid groups (broad SMARTS) is 1. The van der Waals surface area contributed by atoms with Gasteiger partial charge in [-0.1, -0.05) is 0 Å². The number of piperidine rings is 1. The molecule has 3 unspecified atom stereocenters. The number of hydrazone groups is 1. The largest absolute Gasteiger partial charge is 0.494 e. The number of ether oxygens (including phenoxy) is 4. The molecular formula is C37H41FN6O8. The van der Waals surface area contributed by atoms with Gasteiger partial charge in [0.15, 0.2) is 29.4 Å². The molecule has 3 fully saturated rings.